The quantitative estimate of drug-likeness (QED) is 0.682. The maximum absolute atomic E-state index is 5.92. The molecule has 2 heterocycles. The Morgan fingerprint density at radius 1 is 1.31 bits per heavy atom. The van der Waals surface area contributed by atoms with Crippen LogP contribution in [0.15, 0.2) is 16.9 Å². The lowest BCUT2D eigenvalue weighted by atomic mass is 10.3. The first-order valence-electron chi connectivity index (χ1n) is 3.62. The van der Waals surface area contributed by atoms with Gasteiger partial charge in [-0.2, -0.15) is 0 Å². The van der Waals surface area contributed by atoms with E-state index >= 15 is 0 Å². The second-order valence-corrected chi connectivity index (χ2v) is 3.79. The van der Waals surface area contributed by atoms with Crippen LogP contribution in [0.2, 0.25) is 5.15 Å². The van der Waals surface area contributed by atoms with Crippen molar-refractivity contribution < 1.29 is 0 Å². The predicted molar refractivity (Wildman–Crippen MR) is 54.8 cm³/mol. The zero-order valence-corrected chi connectivity index (χ0v) is 9.09. The Morgan fingerprint density at radius 3 is 2.85 bits per heavy atom. The molecule has 0 saturated heterocycles. The lowest BCUT2D eigenvalue weighted by Gasteiger charge is -2.01. The monoisotopic (exact) mass is 257 g/mol. The molecule has 2 aromatic heterocycles. The molecule has 13 heavy (non-hydrogen) atoms. The summed E-state index contributed by atoms with van der Waals surface area (Å²) < 4.78 is 0.831. The van der Waals surface area contributed by atoms with Gasteiger partial charge in [-0.25, -0.2) is 9.97 Å². The second kappa shape index (κ2) is 3.20. The van der Waals surface area contributed by atoms with E-state index in [9.17, 15) is 0 Å². The van der Waals surface area contributed by atoms with Gasteiger partial charge in [-0.1, -0.05) is 11.6 Å². The lowest BCUT2D eigenvalue weighted by molar-refractivity contribution is 1.08. The first-order valence-corrected chi connectivity index (χ1v) is 4.79. The Bertz CT molecular complexity index is 472. The van der Waals surface area contributed by atoms with Crippen molar-refractivity contribution in [3.05, 3.63) is 27.8 Å². The first-order chi connectivity index (χ1) is 6.18. The third kappa shape index (κ3) is 1.51. The molecule has 0 atom stereocenters. The normalized spacial score (nSPS) is 10.7. The van der Waals surface area contributed by atoms with Gasteiger partial charge in [0.05, 0.1) is 15.4 Å². The van der Waals surface area contributed by atoms with Crippen molar-refractivity contribution in [3.8, 4) is 0 Å². The molecular weight excluding hydrogens is 253 g/mol. The average Bonchev–Trinajstić information content (AvgIpc) is 2.07. The molecule has 0 amide bonds. The fourth-order valence-electron chi connectivity index (χ4n) is 1.08. The van der Waals surface area contributed by atoms with Crippen LogP contribution in [-0.4, -0.2) is 15.0 Å². The van der Waals surface area contributed by atoms with Crippen LogP contribution in [-0.2, 0) is 0 Å². The summed E-state index contributed by atoms with van der Waals surface area (Å²) in [5.41, 5.74) is 0.799. The number of aryl methyl sites for hydroxylation is 1. The number of fused-ring (bicyclic) bond motifs is 1. The van der Waals surface area contributed by atoms with Crippen molar-refractivity contribution in [2.24, 2.45) is 0 Å². The Labute approximate surface area is 88.3 Å². The molecule has 0 bridgehead atoms. The molecule has 0 aromatic carbocycles. The average molecular weight is 259 g/mol. The fourth-order valence-corrected chi connectivity index (χ4v) is 1.76. The third-order valence-corrected chi connectivity index (χ3v) is 2.50. The molecule has 0 fully saturated rings. The van der Waals surface area contributed by atoms with Crippen LogP contribution >= 0.6 is 27.5 Å². The van der Waals surface area contributed by atoms with Gasteiger partial charge in [0.2, 0.25) is 0 Å². The molecule has 0 spiro atoms. The summed E-state index contributed by atoms with van der Waals surface area (Å²) in [7, 11) is 0. The molecule has 0 N–H and O–H groups in total. The summed E-state index contributed by atoms with van der Waals surface area (Å²) in [6.07, 6.45) is 3.34. The molecule has 2 aromatic rings. The van der Waals surface area contributed by atoms with Crippen LogP contribution < -0.4 is 0 Å². The summed E-state index contributed by atoms with van der Waals surface area (Å²) in [5.74, 6) is 0.657. The SMILES string of the molecule is Cc1nc(Cl)c2cncc(Br)c2n1. The zero-order valence-electron chi connectivity index (χ0n) is 6.75. The van der Waals surface area contributed by atoms with Gasteiger partial charge < -0.3 is 0 Å². The largest absolute Gasteiger partial charge is 0.263 e. The van der Waals surface area contributed by atoms with Crippen LogP contribution in [0.5, 0.6) is 0 Å². The second-order valence-electron chi connectivity index (χ2n) is 2.58. The number of hydrogen-bond acceptors (Lipinski definition) is 3. The van der Waals surface area contributed by atoms with E-state index in [0.717, 1.165) is 15.4 Å². The van der Waals surface area contributed by atoms with Crippen LogP contribution in [0.25, 0.3) is 10.9 Å². The highest BCUT2D eigenvalue weighted by Gasteiger charge is 2.06. The topological polar surface area (TPSA) is 38.7 Å². The highest BCUT2D eigenvalue weighted by Crippen LogP contribution is 2.24. The number of pyridine rings is 1. The molecule has 0 aliphatic rings. The maximum Gasteiger partial charge on any atom is 0.142 e. The van der Waals surface area contributed by atoms with Crippen molar-refractivity contribution in [1.82, 2.24) is 15.0 Å². The van der Waals surface area contributed by atoms with Crippen LogP contribution in [0.3, 0.4) is 0 Å². The number of nitrogens with zero attached hydrogens (tertiary/aromatic N) is 3. The molecule has 0 aliphatic carbocycles. The van der Waals surface area contributed by atoms with Gasteiger partial charge in [-0.05, 0) is 22.9 Å². The van der Waals surface area contributed by atoms with E-state index in [0.29, 0.717) is 11.0 Å². The Morgan fingerprint density at radius 2 is 2.08 bits per heavy atom. The van der Waals surface area contributed by atoms with Crippen molar-refractivity contribution in [1.29, 1.82) is 0 Å². The summed E-state index contributed by atoms with van der Waals surface area (Å²) in [5, 5.41) is 1.21. The number of rotatable bonds is 0. The van der Waals surface area contributed by atoms with Crippen LogP contribution in [0.4, 0.5) is 0 Å². The van der Waals surface area contributed by atoms with Crippen molar-refractivity contribution in [3.63, 3.8) is 0 Å². The van der Waals surface area contributed by atoms with Gasteiger partial charge in [0.25, 0.3) is 0 Å². The minimum absolute atomic E-state index is 0.441. The van der Waals surface area contributed by atoms with Gasteiger partial charge in [-0.15, -0.1) is 0 Å². The van der Waals surface area contributed by atoms with E-state index in [-0.39, 0.29) is 0 Å². The van der Waals surface area contributed by atoms with Gasteiger partial charge in [0.1, 0.15) is 11.0 Å². The van der Waals surface area contributed by atoms with Crippen molar-refractivity contribution in [2.75, 3.05) is 0 Å². The minimum Gasteiger partial charge on any atom is -0.263 e. The van der Waals surface area contributed by atoms with Gasteiger partial charge >= 0.3 is 0 Å². The molecule has 3 nitrogen and oxygen atoms in total. The number of aromatic nitrogens is 3. The Hall–Kier alpha value is -0.740. The molecular formula is C8H5BrClN3. The highest BCUT2D eigenvalue weighted by atomic mass is 79.9. The molecule has 66 valence electrons. The summed E-state index contributed by atoms with van der Waals surface area (Å²) in [6, 6.07) is 0. The Kier molecular flexibility index (Phi) is 2.17. The van der Waals surface area contributed by atoms with Gasteiger partial charge in [-0.3, -0.25) is 4.98 Å². The summed E-state index contributed by atoms with van der Waals surface area (Å²) in [6.45, 7) is 1.80. The van der Waals surface area contributed by atoms with E-state index in [2.05, 4.69) is 30.9 Å². The molecule has 0 unspecified atom stereocenters. The minimum atomic E-state index is 0.441. The van der Waals surface area contributed by atoms with Crippen LogP contribution in [0.1, 0.15) is 5.82 Å². The molecule has 0 radical (unpaired) electrons. The van der Waals surface area contributed by atoms with E-state index in [1.165, 1.54) is 0 Å². The van der Waals surface area contributed by atoms with Crippen LogP contribution in [0, 0.1) is 6.92 Å². The number of hydrogen-bond donors (Lipinski definition) is 0. The molecule has 0 saturated carbocycles. The molecule has 5 heteroatoms. The van der Waals surface area contributed by atoms with Crippen molar-refractivity contribution >= 4 is 38.4 Å². The zero-order chi connectivity index (χ0) is 9.42. The molecule has 2 rings (SSSR count). The van der Waals surface area contributed by atoms with E-state index in [4.69, 9.17) is 11.6 Å². The predicted octanol–water partition coefficient (Wildman–Crippen LogP) is 2.75. The lowest BCUT2D eigenvalue weighted by Crippen LogP contribution is -1.91. The number of halogens is 2. The Balaban J connectivity index is 2.94. The van der Waals surface area contributed by atoms with Crippen molar-refractivity contribution in [2.45, 2.75) is 6.92 Å². The first kappa shape index (κ1) is 8.84. The molecule has 0 aliphatic heterocycles. The highest BCUT2D eigenvalue weighted by molar-refractivity contribution is 9.10. The standard InChI is InChI=1S/C8H5BrClN3/c1-4-12-7-5(8(10)13-4)2-11-3-6(7)9/h2-3H,1H3. The van der Waals surface area contributed by atoms with E-state index in [1.807, 2.05) is 0 Å². The van der Waals surface area contributed by atoms with Gasteiger partial charge in [0.15, 0.2) is 0 Å². The summed E-state index contributed by atoms with van der Waals surface area (Å²) in [4.78, 5) is 12.3. The maximum atomic E-state index is 5.92. The van der Waals surface area contributed by atoms with E-state index in [1.54, 1.807) is 19.3 Å². The summed E-state index contributed by atoms with van der Waals surface area (Å²) >= 11 is 9.28. The van der Waals surface area contributed by atoms with Gasteiger partial charge in [0, 0.05) is 12.4 Å². The smallest absolute Gasteiger partial charge is 0.142 e. The third-order valence-electron chi connectivity index (χ3n) is 1.63. The van der Waals surface area contributed by atoms with E-state index < -0.39 is 0 Å². The fraction of sp³-hybridized carbons (Fsp3) is 0.125.